The Kier molecular flexibility index (Phi) is 6.60. The standard InChI is InChI=1S/C15H28N4O3/c1-3-13-11-17(7-8-18(13)9-10-22-4-2)12-14(20)19-6-5-16-15(19)21/h13H,3-12H2,1-2H3,(H,16,21)/t13-/m0/s1. The highest BCUT2D eigenvalue weighted by atomic mass is 16.5. The third kappa shape index (κ3) is 4.41. The van der Waals surface area contributed by atoms with Gasteiger partial charge in [0.1, 0.15) is 0 Å². The first-order chi connectivity index (χ1) is 10.7. The van der Waals surface area contributed by atoms with Crippen LogP contribution in [0.25, 0.3) is 0 Å². The van der Waals surface area contributed by atoms with E-state index in [0.717, 1.165) is 45.8 Å². The number of imide groups is 1. The molecule has 0 aromatic rings. The molecule has 0 bridgehead atoms. The first-order valence-electron chi connectivity index (χ1n) is 8.28. The fraction of sp³-hybridized carbons (Fsp3) is 0.867. The molecule has 2 aliphatic rings. The molecule has 22 heavy (non-hydrogen) atoms. The van der Waals surface area contributed by atoms with E-state index in [0.29, 0.717) is 25.7 Å². The van der Waals surface area contributed by atoms with E-state index < -0.39 is 0 Å². The van der Waals surface area contributed by atoms with Crippen LogP contribution in [0.1, 0.15) is 20.3 Å². The van der Waals surface area contributed by atoms with Crippen LogP contribution in [0.3, 0.4) is 0 Å². The van der Waals surface area contributed by atoms with Gasteiger partial charge in [0, 0.05) is 51.9 Å². The van der Waals surface area contributed by atoms with Gasteiger partial charge in [0.25, 0.3) is 0 Å². The Morgan fingerprint density at radius 1 is 1.32 bits per heavy atom. The first kappa shape index (κ1) is 17.2. The lowest BCUT2D eigenvalue weighted by Crippen LogP contribution is -2.55. The molecule has 0 aromatic heterocycles. The number of carbonyl (C=O) groups is 2. The highest BCUT2D eigenvalue weighted by Crippen LogP contribution is 2.13. The molecule has 0 aliphatic carbocycles. The molecule has 2 fully saturated rings. The minimum Gasteiger partial charge on any atom is -0.380 e. The average molecular weight is 312 g/mol. The molecule has 0 spiro atoms. The second-order valence-corrected chi connectivity index (χ2v) is 5.81. The van der Waals surface area contributed by atoms with Crippen molar-refractivity contribution >= 4 is 11.9 Å². The SMILES string of the molecule is CCOCCN1CCN(CC(=O)N2CCNC2=O)C[C@@H]1CC. The molecule has 1 N–H and O–H groups in total. The third-order valence-electron chi connectivity index (χ3n) is 4.40. The van der Waals surface area contributed by atoms with Gasteiger partial charge in [-0.2, -0.15) is 0 Å². The summed E-state index contributed by atoms with van der Waals surface area (Å²) in [5.41, 5.74) is 0. The monoisotopic (exact) mass is 312 g/mol. The van der Waals surface area contributed by atoms with Crippen molar-refractivity contribution in [3.63, 3.8) is 0 Å². The van der Waals surface area contributed by atoms with Gasteiger partial charge < -0.3 is 10.1 Å². The number of nitrogens with zero attached hydrogens (tertiary/aromatic N) is 3. The van der Waals surface area contributed by atoms with Crippen LogP contribution in [0.4, 0.5) is 4.79 Å². The van der Waals surface area contributed by atoms with Crippen molar-refractivity contribution in [2.45, 2.75) is 26.3 Å². The summed E-state index contributed by atoms with van der Waals surface area (Å²) >= 11 is 0. The van der Waals surface area contributed by atoms with Crippen LogP contribution < -0.4 is 5.32 Å². The van der Waals surface area contributed by atoms with Gasteiger partial charge in [-0.15, -0.1) is 0 Å². The minimum atomic E-state index is -0.257. The number of piperazine rings is 1. The maximum absolute atomic E-state index is 12.2. The van der Waals surface area contributed by atoms with Crippen molar-refractivity contribution in [1.29, 1.82) is 0 Å². The quantitative estimate of drug-likeness (QED) is 0.669. The van der Waals surface area contributed by atoms with E-state index in [1.165, 1.54) is 4.90 Å². The molecule has 126 valence electrons. The Hall–Kier alpha value is -1.18. The summed E-state index contributed by atoms with van der Waals surface area (Å²) in [7, 11) is 0. The van der Waals surface area contributed by atoms with Gasteiger partial charge >= 0.3 is 6.03 Å². The number of hydrogen-bond acceptors (Lipinski definition) is 5. The summed E-state index contributed by atoms with van der Waals surface area (Å²) in [6.45, 7) is 10.7. The lowest BCUT2D eigenvalue weighted by Gasteiger charge is -2.41. The van der Waals surface area contributed by atoms with E-state index in [1.54, 1.807) is 0 Å². The number of hydrogen-bond donors (Lipinski definition) is 1. The zero-order valence-corrected chi connectivity index (χ0v) is 13.7. The second kappa shape index (κ2) is 8.45. The number of urea groups is 1. The van der Waals surface area contributed by atoms with E-state index >= 15 is 0 Å². The largest absolute Gasteiger partial charge is 0.380 e. The topological polar surface area (TPSA) is 65.1 Å². The maximum Gasteiger partial charge on any atom is 0.324 e. The summed E-state index contributed by atoms with van der Waals surface area (Å²) in [4.78, 5) is 29.7. The molecule has 0 unspecified atom stereocenters. The van der Waals surface area contributed by atoms with E-state index in [4.69, 9.17) is 4.74 Å². The molecular weight excluding hydrogens is 284 g/mol. The van der Waals surface area contributed by atoms with Gasteiger partial charge in [0.05, 0.1) is 13.2 Å². The molecule has 0 aromatic carbocycles. The number of amides is 3. The summed E-state index contributed by atoms with van der Waals surface area (Å²) in [6.07, 6.45) is 1.06. The molecule has 1 atom stereocenters. The summed E-state index contributed by atoms with van der Waals surface area (Å²) in [5, 5.41) is 2.67. The zero-order chi connectivity index (χ0) is 15.9. The molecule has 2 heterocycles. The van der Waals surface area contributed by atoms with Crippen LogP contribution in [0.15, 0.2) is 0 Å². The zero-order valence-electron chi connectivity index (χ0n) is 13.7. The predicted molar refractivity (Wildman–Crippen MR) is 83.7 cm³/mol. The van der Waals surface area contributed by atoms with Crippen molar-refractivity contribution in [3.05, 3.63) is 0 Å². The van der Waals surface area contributed by atoms with E-state index in [1.807, 2.05) is 6.92 Å². The van der Waals surface area contributed by atoms with Gasteiger partial charge in [-0.25, -0.2) is 4.79 Å². The third-order valence-corrected chi connectivity index (χ3v) is 4.40. The molecule has 3 amide bonds. The summed E-state index contributed by atoms with van der Waals surface area (Å²) in [5.74, 6) is -0.0902. The molecular formula is C15H28N4O3. The average Bonchev–Trinajstić information content (AvgIpc) is 2.95. The van der Waals surface area contributed by atoms with Crippen molar-refractivity contribution in [2.75, 3.05) is 59.0 Å². The Morgan fingerprint density at radius 2 is 2.14 bits per heavy atom. The lowest BCUT2D eigenvalue weighted by atomic mass is 10.1. The van der Waals surface area contributed by atoms with Crippen LogP contribution in [0, 0.1) is 0 Å². The van der Waals surface area contributed by atoms with Crippen LogP contribution in [-0.4, -0.2) is 91.7 Å². The Labute approximate surface area is 132 Å². The van der Waals surface area contributed by atoms with Crippen molar-refractivity contribution < 1.29 is 14.3 Å². The van der Waals surface area contributed by atoms with Crippen LogP contribution >= 0.6 is 0 Å². The van der Waals surface area contributed by atoms with Crippen LogP contribution in [0.2, 0.25) is 0 Å². The smallest absolute Gasteiger partial charge is 0.324 e. The van der Waals surface area contributed by atoms with Gasteiger partial charge in [-0.3, -0.25) is 19.5 Å². The van der Waals surface area contributed by atoms with Gasteiger partial charge in [0.15, 0.2) is 0 Å². The maximum atomic E-state index is 12.2. The Morgan fingerprint density at radius 3 is 2.77 bits per heavy atom. The van der Waals surface area contributed by atoms with Gasteiger partial charge in [0.2, 0.25) is 5.91 Å². The summed E-state index contributed by atoms with van der Waals surface area (Å²) < 4.78 is 5.44. The Bertz CT molecular complexity index is 391. The van der Waals surface area contributed by atoms with E-state index in [-0.39, 0.29) is 11.9 Å². The van der Waals surface area contributed by atoms with E-state index in [2.05, 4.69) is 22.0 Å². The number of rotatable bonds is 7. The fourth-order valence-corrected chi connectivity index (χ4v) is 3.09. The van der Waals surface area contributed by atoms with Crippen molar-refractivity contribution in [1.82, 2.24) is 20.0 Å². The van der Waals surface area contributed by atoms with E-state index in [9.17, 15) is 9.59 Å². The van der Waals surface area contributed by atoms with Crippen LogP contribution in [0.5, 0.6) is 0 Å². The fourth-order valence-electron chi connectivity index (χ4n) is 3.09. The molecule has 7 heteroatoms. The van der Waals surface area contributed by atoms with Gasteiger partial charge in [-0.1, -0.05) is 6.92 Å². The highest BCUT2D eigenvalue weighted by molar-refractivity contribution is 5.96. The second-order valence-electron chi connectivity index (χ2n) is 5.81. The van der Waals surface area contributed by atoms with Crippen molar-refractivity contribution in [3.8, 4) is 0 Å². The number of carbonyl (C=O) groups excluding carboxylic acids is 2. The first-order valence-corrected chi connectivity index (χ1v) is 8.28. The molecule has 2 aliphatic heterocycles. The minimum absolute atomic E-state index is 0.0902. The molecule has 2 rings (SSSR count). The predicted octanol–water partition coefficient (Wildman–Crippen LogP) is -0.0291. The molecule has 0 radical (unpaired) electrons. The molecule has 7 nitrogen and oxygen atoms in total. The molecule has 2 saturated heterocycles. The van der Waals surface area contributed by atoms with Crippen LogP contribution in [-0.2, 0) is 9.53 Å². The summed E-state index contributed by atoms with van der Waals surface area (Å²) in [6, 6.07) is 0.196. The molecule has 0 saturated carbocycles. The normalized spacial score (nSPS) is 23.8. The number of ether oxygens (including phenoxy) is 1. The Balaban J connectivity index is 1.79. The van der Waals surface area contributed by atoms with Gasteiger partial charge in [-0.05, 0) is 13.3 Å². The number of nitrogens with one attached hydrogen (secondary N) is 1. The lowest BCUT2D eigenvalue weighted by molar-refractivity contribution is -0.129. The highest BCUT2D eigenvalue weighted by Gasteiger charge is 2.30. The van der Waals surface area contributed by atoms with Crippen molar-refractivity contribution in [2.24, 2.45) is 0 Å².